The number of benzene rings is 1. The Bertz CT molecular complexity index is 666. The summed E-state index contributed by atoms with van der Waals surface area (Å²) in [7, 11) is 0. The lowest BCUT2D eigenvalue weighted by Gasteiger charge is -2.15. The fourth-order valence-electron chi connectivity index (χ4n) is 4.25. The summed E-state index contributed by atoms with van der Waals surface area (Å²) in [5.74, 6) is 0.880. The summed E-state index contributed by atoms with van der Waals surface area (Å²) in [6.07, 6.45) is 11.6. The van der Waals surface area contributed by atoms with Gasteiger partial charge in [0, 0.05) is 6.42 Å². The van der Waals surface area contributed by atoms with Gasteiger partial charge in [-0.3, -0.25) is 4.79 Å². The molecule has 0 spiro atoms. The van der Waals surface area contributed by atoms with Gasteiger partial charge in [0.25, 0.3) is 0 Å². The number of hydrogen-bond donors (Lipinski definition) is 1. The lowest BCUT2D eigenvalue weighted by Crippen LogP contribution is -2.06. The average molecular weight is 340 g/mol. The predicted molar refractivity (Wildman–Crippen MR) is 101 cm³/mol. The van der Waals surface area contributed by atoms with Gasteiger partial charge in [-0.2, -0.15) is 0 Å². The van der Waals surface area contributed by atoms with Gasteiger partial charge in [-0.05, 0) is 73.3 Å². The van der Waals surface area contributed by atoms with E-state index in [0.717, 1.165) is 22.8 Å². The Labute approximate surface area is 150 Å². The lowest BCUT2D eigenvalue weighted by molar-refractivity contribution is -0.136. The molecule has 1 fully saturated rings. The molecule has 0 radical (unpaired) electrons. The monoisotopic (exact) mass is 340 g/mol. The van der Waals surface area contributed by atoms with Crippen molar-refractivity contribution < 1.29 is 14.6 Å². The molecule has 1 aromatic carbocycles. The highest BCUT2D eigenvalue weighted by Gasteiger charge is 2.25. The minimum Gasteiger partial charge on any atom is -0.489 e. The minimum absolute atomic E-state index is 0.138. The summed E-state index contributed by atoms with van der Waals surface area (Å²) in [5, 5.41) is 8.86. The van der Waals surface area contributed by atoms with Crippen LogP contribution in [0, 0.1) is 5.92 Å². The summed E-state index contributed by atoms with van der Waals surface area (Å²) in [5.41, 5.74) is 5.17. The van der Waals surface area contributed by atoms with E-state index in [-0.39, 0.29) is 6.42 Å². The standard InChI is InChI=1S/C22H28O3/c1-2-16-14-20(12-10-17(16)11-13-22(23)24)25-15-19-8-5-9-21(19)18-6-3-4-7-18/h2,10,12,14,18H,1,3-9,11,13,15H2,(H,23,24). The zero-order chi connectivity index (χ0) is 17.6. The number of carboxylic acid groups (broad SMARTS) is 1. The van der Waals surface area contributed by atoms with Crippen molar-refractivity contribution in [2.24, 2.45) is 5.92 Å². The zero-order valence-corrected chi connectivity index (χ0v) is 14.9. The van der Waals surface area contributed by atoms with Crippen LogP contribution in [0.15, 0.2) is 35.9 Å². The van der Waals surface area contributed by atoms with Gasteiger partial charge in [-0.25, -0.2) is 0 Å². The van der Waals surface area contributed by atoms with Crippen molar-refractivity contribution in [3.05, 3.63) is 47.1 Å². The molecule has 0 aliphatic heterocycles. The first-order valence-corrected chi connectivity index (χ1v) is 9.48. The first kappa shape index (κ1) is 17.8. The molecule has 25 heavy (non-hydrogen) atoms. The van der Waals surface area contributed by atoms with Gasteiger partial charge in [-0.15, -0.1) is 0 Å². The van der Waals surface area contributed by atoms with Crippen molar-refractivity contribution in [3.8, 4) is 5.75 Å². The fraction of sp³-hybridized carbons (Fsp3) is 0.500. The SMILES string of the molecule is C=Cc1cc(OCC2=C(C3CCCC3)CCC2)ccc1CCC(=O)O. The predicted octanol–water partition coefficient (Wildman–Crippen LogP) is 5.40. The molecule has 3 heteroatoms. The molecule has 1 saturated carbocycles. The summed E-state index contributed by atoms with van der Waals surface area (Å²) >= 11 is 0. The molecular weight excluding hydrogens is 312 g/mol. The third-order valence-corrected chi connectivity index (χ3v) is 5.59. The Morgan fingerprint density at radius 1 is 1.24 bits per heavy atom. The van der Waals surface area contributed by atoms with Crippen LogP contribution in [-0.2, 0) is 11.2 Å². The van der Waals surface area contributed by atoms with E-state index in [1.54, 1.807) is 11.6 Å². The van der Waals surface area contributed by atoms with Crippen LogP contribution in [0.2, 0.25) is 0 Å². The number of hydrogen-bond acceptors (Lipinski definition) is 2. The molecule has 0 atom stereocenters. The molecule has 3 nitrogen and oxygen atoms in total. The van der Waals surface area contributed by atoms with Gasteiger partial charge in [0.05, 0.1) is 0 Å². The molecule has 0 bridgehead atoms. The second kappa shape index (κ2) is 8.37. The van der Waals surface area contributed by atoms with E-state index < -0.39 is 5.97 Å². The number of aliphatic carboxylic acids is 1. The molecule has 1 aromatic rings. The molecule has 134 valence electrons. The Morgan fingerprint density at radius 2 is 2.04 bits per heavy atom. The topological polar surface area (TPSA) is 46.5 Å². The van der Waals surface area contributed by atoms with Crippen molar-refractivity contribution in [3.63, 3.8) is 0 Å². The maximum absolute atomic E-state index is 10.8. The highest BCUT2D eigenvalue weighted by molar-refractivity contribution is 5.67. The first-order valence-electron chi connectivity index (χ1n) is 9.48. The van der Waals surface area contributed by atoms with Gasteiger partial charge < -0.3 is 9.84 Å². The normalized spacial score (nSPS) is 17.9. The van der Waals surface area contributed by atoms with Crippen molar-refractivity contribution in [1.29, 1.82) is 0 Å². The summed E-state index contributed by atoms with van der Waals surface area (Å²) in [6, 6.07) is 5.90. The van der Waals surface area contributed by atoms with E-state index in [2.05, 4.69) is 6.58 Å². The molecule has 0 heterocycles. The molecule has 0 amide bonds. The van der Waals surface area contributed by atoms with Crippen LogP contribution in [-0.4, -0.2) is 17.7 Å². The number of rotatable bonds is 8. The summed E-state index contributed by atoms with van der Waals surface area (Å²) in [6.45, 7) is 4.54. The van der Waals surface area contributed by atoms with E-state index in [1.807, 2.05) is 18.2 Å². The second-order valence-electron chi connectivity index (χ2n) is 7.21. The van der Waals surface area contributed by atoms with Crippen LogP contribution in [0.1, 0.15) is 62.5 Å². The van der Waals surface area contributed by atoms with E-state index in [0.29, 0.717) is 13.0 Å². The average Bonchev–Trinajstić information content (AvgIpc) is 3.29. The van der Waals surface area contributed by atoms with Crippen LogP contribution < -0.4 is 4.74 Å². The van der Waals surface area contributed by atoms with Crippen LogP contribution >= 0.6 is 0 Å². The Kier molecular flexibility index (Phi) is 5.95. The molecule has 1 N–H and O–H groups in total. The maximum Gasteiger partial charge on any atom is 0.303 e. The second-order valence-corrected chi connectivity index (χ2v) is 7.21. The fourth-order valence-corrected chi connectivity index (χ4v) is 4.25. The first-order chi connectivity index (χ1) is 12.2. The Hall–Kier alpha value is -2.03. The van der Waals surface area contributed by atoms with E-state index >= 15 is 0 Å². The molecule has 0 saturated heterocycles. The Balaban J connectivity index is 1.65. The molecule has 2 aliphatic rings. The van der Waals surface area contributed by atoms with Crippen LogP contribution in [0.4, 0.5) is 0 Å². The molecule has 0 aromatic heterocycles. The number of carboxylic acids is 1. The van der Waals surface area contributed by atoms with Crippen molar-refractivity contribution >= 4 is 12.0 Å². The largest absolute Gasteiger partial charge is 0.489 e. The van der Waals surface area contributed by atoms with Gasteiger partial charge >= 0.3 is 5.97 Å². The molecule has 2 aliphatic carbocycles. The molecule has 0 unspecified atom stereocenters. The summed E-state index contributed by atoms with van der Waals surface area (Å²) < 4.78 is 6.08. The van der Waals surface area contributed by atoms with Crippen LogP contribution in [0.25, 0.3) is 6.08 Å². The van der Waals surface area contributed by atoms with Crippen molar-refractivity contribution in [1.82, 2.24) is 0 Å². The number of aryl methyl sites for hydroxylation is 1. The third-order valence-electron chi connectivity index (χ3n) is 5.59. The van der Waals surface area contributed by atoms with E-state index in [4.69, 9.17) is 9.84 Å². The summed E-state index contributed by atoms with van der Waals surface area (Å²) in [4.78, 5) is 10.8. The van der Waals surface area contributed by atoms with Crippen LogP contribution in [0.5, 0.6) is 5.75 Å². The quantitative estimate of drug-likeness (QED) is 0.645. The minimum atomic E-state index is -0.775. The maximum atomic E-state index is 10.8. The van der Waals surface area contributed by atoms with Gasteiger partial charge in [0.2, 0.25) is 0 Å². The number of allylic oxidation sites excluding steroid dienone is 1. The zero-order valence-electron chi connectivity index (χ0n) is 14.9. The van der Waals surface area contributed by atoms with Crippen LogP contribution in [0.3, 0.4) is 0 Å². The van der Waals surface area contributed by atoms with Gasteiger partial charge in [0.15, 0.2) is 0 Å². The van der Waals surface area contributed by atoms with E-state index in [9.17, 15) is 4.79 Å². The third kappa shape index (κ3) is 4.53. The molecule has 3 rings (SSSR count). The molecular formula is C22H28O3. The van der Waals surface area contributed by atoms with Crippen molar-refractivity contribution in [2.75, 3.05) is 6.61 Å². The lowest BCUT2D eigenvalue weighted by atomic mass is 9.94. The van der Waals surface area contributed by atoms with Gasteiger partial charge in [0.1, 0.15) is 12.4 Å². The number of carbonyl (C=O) groups is 1. The van der Waals surface area contributed by atoms with Gasteiger partial charge in [-0.1, -0.05) is 37.1 Å². The smallest absolute Gasteiger partial charge is 0.303 e. The highest BCUT2D eigenvalue weighted by Crippen LogP contribution is 2.40. The van der Waals surface area contributed by atoms with E-state index in [1.165, 1.54) is 50.5 Å². The van der Waals surface area contributed by atoms with Crippen molar-refractivity contribution in [2.45, 2.75) is 57.8 Å². The highest BCUT2D eigenvalue weighted by atomic mass is 16.5. The Morgan fingerprint density at radius 3 is 2.76 bits per heavy atom. The number of ether oxygens (including phenoxy) is 1.